The number of aromatic nitrogens is 2. The number of methoxy groups -OCH3 is 1. The van der Waals surface area contributed by atoms with Gasteiger partial charge < -0.3 is 9.94 Å². The van der Waals surface area contributed by atoms with Crippen molar-refractivity contribution >= 4 is 0 Å². The largest absolute Gasteiger partial charge is 0.711 e. The third-order valence-corrected chi connectivity index (χ3v) is 1.27. The molecule has 4 nitrogen and oxygen atoms in total. The summed E-state index contributed by atoms with van der Waals surface area (Å²) in [4.78, 5) is 3.64. The fraction of sp³-hybridized carbons (Fsp3) is 0.333. The zero-order valence-electron chi connectivity index (χ0n) is 5.87. The molecule has 1 aromatic rings. The monoisotopic (exact) mass is 140 g/mol. The Kier molecular flexibility index (Phi) is 1.71. The van der Waals surface area contributed by atoms with Gasteiger partial charge in [-0.3, -0.25) is 0 Å². The molecule has 0 aliphatic heterocycles. The Bertz CT molecular complexity index is 237. The Balaban J connectivity index is 3.14. The van der Waals surface area contributed by atoms with Gasteiger partial charge in [0.05, 0.1) is 7.11 Å². The maximum absolute atomic E-state index is 10.8. The fourth-order valence-electron chi connectivity index (χ4n) is 0.651. The Morgan fingerprint density at radius 1 is 1.70 bits per heavy atom. The Labute approximate surface area is 58.7 Å². The standard InChI is InChI=1S/C6H8N2O2/c1-5-6(10-2)3-7-4-8(5)9/h3-4H,1-2H3. The first-order valence-electron chi connectivity index (χ1n) is 2.83. The molecule has 0 bridgehead atoms. The minimum absolute atomic E-state index is 0.512. The van der Waals surface area contributed by atoms with Crippen LogP contribution >= 0.6 is 0 Å². The highest BCUT2D eigenvalue weighted by molar-refractivity contribution is 5.17. The van der Waals surface area contributed by atoms with Crippen LogP contribution in [0.1, 0.15) is 5.69 Å². The number of hydrogen-bond acceptors (Lipinski definition) is 3. The summed E-state index contributed by atoms with van der Waals surface area (Å²) in [5, 5.41) is 10.8. The quantitative estimate of drug-likeness (QED) is 0.408. The molecule has 0 unspecified atom stereocenters. The maximum Gasteiger partial charge on any atom is 0.289 e. The molecule has 0 spiro atoms. The maximum atomic E-state index is 10.8. The Morgan fingerprint density at radius 3 is 2.90 bits per heavy atom. The van der Waals surface area contributed by atoms with E-state index in [2.05, 4.69) is 4.98 Å². The summed E-state index contributed by atoms with van der Waals surface area (Å²) in [6.45, 7) is 1.67. The molecule has 10 heavy (non-hydrogen) atoms. The lowest BCUT2D eigenvalue weighted by molar-refractivity contribution is -0.616. The SMILES string of the molecule is COc1cnc[n+]([O-])c1C. The van der Waals surface area contributed by atoms with Crippen molar-refractivity contribution in [2.75, 3.05) is 7.11 Å². The second-order valence-electron chi connectivity index (χ2n) is 1.87. The third-order valence-electron chi connectivity index (χ3n) is 1.27. The van der Waals surface area contributed by atoms with Crippen LogP contribution in [0.2, 0.25) is 0 Å². The molecule has 0 N–H and O–H groups in total. The van der Waals surface area contributed by atoms with Crippen LogP contribution in [0.3, 0.4) is 0 Å². The summed E-state index contributed by atoms with van der Waals surface area (Å²) in [5.41, 5.74) is 0.525. The summed E-state index contributed by atoms with van der Waals surface area (Å²) < 4.78 is 5.51. The van der Waals surface area contributed by atoms with Crippen molar-refractivity contribution in [3.63, 3.8) is 0 Å². The van der Waals surface area contributed by atoms with Crippen LogP contribution in [-0.2, 0) is 0 Å². The highest BCUT2D eigenvalue weighted by atomic mass is 16.5. The molecule has 1 rings (SSSR count). The van der Waals surface area contributed by atoms with E-state index in [0.717, 1.165) is 0 Å². The van der Waals surface area contributed by atoms with E-state index in [4.69, 9.17) is 4.74 Å². The lowest BCUT2D eigenvalue weighted by Gasteiger charge is -2.05. The topological polar surface area (TPSA) is 49.1 Å². The summed E-state index contributed by atoms with van der Waals surface area (Å²) >= 11 is 0. The van der Waals surface area contributed by atoms with E-state index in [9.17, 15) is 5.21 Å². The van der Waals surface area contributed by atoms with E-state index in [1.807, 2.05) is 0 Å². The molecular weight excluding hydrogens is 132 g/mol. The highest BCUT2D eigenvalue weighted by Crippen LogP contribution is 2.08. The molecule has 0 radical (unpaired) electrons. The van der Waals surface area contributed by atoms with Gasteiger partial charge in [-0.05, 0) is 0 Å². The molecule has 0 saturated carbocycles. The first-order valence-corrected chi connectivity index (χ1v) is 2.83. The number of ether oxygens (including phenoxy) is 1. The van der Waals surface area contributed by atoms with Crippen molar-refractivity contribution in [3.8, 4) is 5.75 Å². The van der Waals surface area contributed by atoms with Crippen molar-refractivity contribution in [1.29, 1.82) is 0 Å². The first kappa shape index (κ1) is 6.80. The zero-order chi connectivity index (χ0) is 7.56. The predicted octanol–water partition coefficient (Wildman–Crippen LogP) is 0.0320. The third kappa shape index (κ3) is 1.00. The molecule has 0 aromatic carbocycles. The van der Waals surface area contributed by atoms with Gasteiger partial charge in [-0.2, -0.15) is 0 Å². The predicted molar refractivity (Wildman–Crippen MR) is 34.5 cm³/mol. The van der Waals surface area contributed by atoms with Crippen LogP contribution in [0.5, 0.6) is 5.75 Å². The van der Waals surface area contributed by atoms with Gasteiger partial charge in [-0.25, -0.2) is 4.73 Å². The van der Waals surface area contributed by atoms with Crippen LogP contribution in [0, 0.1) is 12.1 Å². The second kappa shape index (κ2) is 2.51. The molecule has 4 heteroatoms. The van der Waals surface area contributed by atoms with Crippen LogP contribution in [-0.4, -0.2) is 12.1 Å². The molecule has 0 aliphatic carbocycles. The lowest BCUT2D eigenvalue weighted by Crippen LogP contribution is -2.30. The summed E-state index contributed by atoms with van der Waals surface area (Å²) in [6, 6.07) is 0. The van der Waals surface area contributed by atoms with Crippen molar-refractivity contribution in [2.24, 2.45) is 0 Å². The van der Waals surface area contributed by atoms with Crippen LogP contribution in [0.15, 0.2) is 12.5 Å². The van der Waals surface area contributed by atoms with Gasteiger partial charge >= 0.3 is 0 Å². The fourth-order valence-corrected chi connectivity index (χ4v) is 0.651. The molecule has 0 atom stereocenters. The second-order valence-corrected chi connectivity index (χ2v) is 1.87. The zero-order valence-corrected chi connectivity index (χ0v) is 5.87. The Hall–Kier alpha value is -1.32. The van der Waals surface area contributed by atoms with E-state index in [0.29, 0.717) is 16.2 Å². The van der Waals surface area contributed by atoms with Crippen LogP contribution < -0.4 is 9.47 Å². The summed E-state index contributed by atoms with van der Waals surface area (Å²) in [7, 11) is 1.50. The number of nitrogens with zero attached hydrogens (tertiary/aromatic N) is 2. The van der Waals surface area contributed by atoms with Crippen LogP contribution in [0.4, 0.5) is 0 Å². The minimum Gasteiger partial charge on any atom is -0.711 e. The van der Waals surface area contributed by atoms with Crippen LogP contribution in [0.25, 0.3) is 0 Å². The molecule has 54 valence electrons. The summed E-state index contributed by atoms with van der Waals surface area (Å²) in [5.74, 6) is 0.512. The van der Waals surface area contributed by atoms with E-state index >= 15 is 0 Å². The van der Waals surface area contributed by atoms with Gasteiger partial charge in [0.1, 0.15) is 5.69 Å². The van der Waals surface area contributed by atoms with Gasteiger partial charge in [-0.1, -0.05) is 4.98 Å². The van der Waals surface area contributed by atoms with Gasteiger partial charge in [0.25, 0.3) is 6.33 Å². The van der Waals surface area contributed by atoms with Gasteiger partial charge in [0.2, 0.25) is 5.75 Å². The molecule has 1 aromatic heterocycles. The molecular formula is C6H8N2O2. The average Bonchev–Trinajstić information content (AvgIpc) is 1.95. The Morgan fingerprint density at radius 2 is 2.40 bits per heavy atom. The molecule has 0 saturated heterocycles. The van der Waals surface area contributed by atoms with Crippen molar-refractivity contribution < 1.29 is 9.47 Å². The number of rotatable bonds is 1. The van der Waals surface area contributed by atoms with Gasteiger partial charge in [-0.15, -0.1) is 0 Å². The highest BCUT2D eigenvalue weighted by Gasteiger charge is 2.03. The average molecular weight is 140 g/mol. The lowest BCUT2D eigenvalue weighted by atomic mass is 10.4. The van der Waals surface area contributed by atoms with Crippen molar-refractivity contribution in [1.82, 2.24) is 4.98 Å². The van der Waals surface area contributed by atoms with Crippen molar-refractivity contribution in [3.05, 3.63) is 23.4 Å². The van der Waals surface area contributed by atoms with E-state index in [-0.39, 0.29) is 0 Å². The molecule has 0 aliphatic rings. The first-order chi connectivity index (χ1) is 4.75. The molecule has 0 amide bonds. The summed E-state index contributed by atoms with van der Waals surface area (Å²) in [6.07, 6.45) is 2.70. The van der Waals surface area contributed by atoms with E-state index in [1.165, 1.54) is 19.6 Å². The van der Waals surface area contributed by atoms with Crippen molar-refractivity contribution in [2.45, 2.75) is 6.92 Å². The van der Waals surface area contributed by atoms with Gasteiger partial charge in [0.15, 0.2) is 6.20 Å². The smallest absolute Gasteiger partial charge is 0.289 e. The van der Waals surface area contributed by atoms with Gasteiger partial charge in [0, 0.05) is 6.92 Å². The number of hydrogen-bond donors (Lipinski definition) is 0. The normalized spacial score (nSPS) is 9.40. The molecule has 0 fully saturated rings. The minimum atomic E-state index is 0.512. The van der Waals surface area contributed by atoms with E-state index in [1.54, 1.807) is 6.92 Å². The molecule has 1 heterocycles. The van der Waals surface area contributed by atoms with E-state index < -0.39 is 0 Å².